The van der Waals surface area contributed by atoms with Gasteiger partial charge in [-0.15, -0.1) is 0 Å². The number of fused-ring (bicyclic) bond motifs is 1. The van der Waals surface area contributed by atoms with Crippen LogP contribution in [0.4, 0.5) is 32.1 Å². The van der Waals surface area contributed by atoms with Crippen LogP contribution in [0.15, 0.2) is 70.3 Å². The minimum absolute atomic E-state index is 0.371. The Hall–Kier alpha value is -3.65. The highest BCUT2D eigenvalue weighted by Crippen LogP contribution is 2.33. The second kappa shape index (κ2) is 6.93. The summed E-state index contributed by atoms with van der Waals surface area (Å²) in [4.78, 5) is 18.1. The SMILES string of the molecule is NC1c2ccoc2N=CN1c1ccc(NC(=O)Nc2cccc(F)c2)cc1. The zero-order valence-corrected chi connectivity index (χ0v) is 14.1. The van der Waals surface area contributed by atoms with Gasteiger partial charge in [-0.2, -0.15) is 0 Å². The lowest BCUT2D eigenvalue weighted by atomic mass is 10.2. The van der Waals surface area contributed by atoms with E-state index in [4.69, 9.17) is 10.2 Å². The minimum atomic E-state index is -0.465. The predicted octanol–water partition coefficient (Wildman–Crippen LogP) is 4.20. The van der Waals surface area contributed by atoms with Gasteiger partial charge in [-0.3, -0.25) is 0 Å². The van der Waals surface area contributed by atoms with E-state index in [0.717, 1.165) is 11.3 Å². The molecule has 1 aliphatic rings. The van der Waals surface area contributed by atoms with Crippen molar-refractivity contribution in [1.29, 1.82) is 0 Å². The molecule has 4 N–H and O–H groups in total. The summed E-state index contributed by atoms with van der Waals surface area (Å²) in [6.45, 7) is 0. The Morgan fingerprint density at radius 1 is 1.11 bits per heavy atom. The number of halogens is 1. The van der Waals surface area contributed by atoms with Gasteiger partial charge in [0.2, 0.25) is 5.88 Å². The fourth-order valence-corrected chi connectivity index (χ4v) is 2.78. The minimum Gasteiger partial charge on any atom is -0.446 e. The van der Waals surface area contributed by atoms with Crippen LogP contribution < -0.4 is 21.3 Å². The molecule has 0 saturated carbocycles. The molecule has 4 rings (SSSR count). The quantitative estimate of drug-likeness (QED) is 0.648. The topological polar surface area (TPSA) is 95.9 Å². The molecule has 8 heteroatoms. The number of anilines is 3. The van der Waals surface area contributed by atoms with E-state index in [-0.39, 0.29) is 0 Å². The molecule has 0 aliphatic carbocycles. The van der Waals surface area contributed by atoms with Crippen LogP contribution in [0.3, 0.4) is 0 Å². The Bertz CT molecular complexity index is 999. The van der Waals surface area contributed by atoms with E-state index in [2.05, 4.69) is 15.6 Å². The van der Waals surface area contributed by atoms with Gasteiger partial charge in [-0.05, 0) is 48.5 Å². The molecule has 1 aromatic heterocycles. The van der Waals surface area contributed by atoms with Gasteiger partial charge in [0.05, 0.1) is 11.8 Å². The van der Waals surface area contributed by atoms with Crippen molar-refractivity contribution in [2.24, 2.45) is 10.7 Å². The van der Waals surface area contributed by atoms with Gasteiger partial charge in [0.25, 0.3) is 0 Å². The monoisotopic (exact) mass is 365 g/mol. The number of rotatable bonds is 3. The molecule has 0 saturated heterocycles. The third-order valence-corrected chi connectivity index (χ3v) is 4.10. The van der Waals surface area contributed by atoms with Crippen molar-refractivity contribution >= 4 is 35.3 Å². The first-order valence-corrected chi connectivity index (χ1v) is 8.19. The summed E-state index contributed by atoms with van der Waals surface area (Å²) in [6, 6.07) is 14.1. The van der Waals surface area contributed by atoms with Gasteiger partial charge in [0.1, 0.15) is 18.3 Å². The van der Waals surface area contributed by atoms with Crippen molar-refractivity contribution in [3.05, 3.63) is 72.2 Å². The number of hydrogen-bond donors (Lipinski definition) is 3. The van der Waals surface area contributed by atoms with Crippen molar-refractivity contribution in [1.82, 2.24) is 0 Å². The molecule has 2 amide bonds. The number of amides is 2. The number of aliphatic imine (C=N–C) groups is 1. The molecule has 3 aromatic rings. The number of carbonyl (C=O) groups is 1. The Kier molecular flexibility index (Phi) is 4.31. The normalized spacial score (nSPS) is 15.3. The number of hydrogen-bond acceptors (Lipinski definition) is 5. The molecular weight excluding hydrogens is 349 g/mol. The highest BCUT2D eigenvalue weighted by molar-refractivity contribution is 6.00. The maximum absolute atomic E-state index is 13.2. The molecule has 0 fully saturated rings. The average Bonchev–Trinajstić information content (AvgIpc) is 3.13. The molecule has 0 radical (unpaired) electrons. The third-order valence-electron chi connectivity index (χ3n) is 4.10. The summed E-state index contributed by atoms with van der Waals surface area (Å²) in [5.41, 5.74) is 8.82. The third kappa shape index (κ3) is 3.51. The van der Waals surface area contributed by atoms with E-state index in [1.165, 1.54) is 18.2 Å². The number of furan rings is 1. The second-order valence-electron chi connectivity index (χ2n) is 5.91. The first kappa shape index (κ1) is 16.8. The summed E-state index contributed by atoms with van der Waals surface area (Å²) < 4.78 is 18.4. The highest BCUT2D eigenvalue weighted by atomic mass is 19.1. The van der Waals surface area contributed by atoms with E-state index in [1.807, 2.05) is 12.1 Å². The lowest BCUT2D eigenvalue weighted by Crippen LogP contribution is -2.35. The number of carbonyl (C=O) groups excluding carboxylic acids is 1. The van der Waals surface area contributed by atoms with Gasteiger partial charge in [-0.1, -0.05) is 6.07 Å². The maximum atomic E-state index is 13.2. The molecule has 1 atom stereocenters. The van der Waals surface area contributed by atoms with E-state index in [1.54, 1.807) is 41.8 Å². The van der Waals surface area contributed by atoms with Gasteiger partial charge in [0.15, 0.2) is 0 Å². The fraction of sp³-hybridized carbons (Fsp3) is 0.0526. The molecular formula is C19H16FN5O2. The maximum Gasteiger partial charge on any atom is 0.323 e. The van der Waals surface area contributed by atoms with Crippen LogP contribution in [0.5, 0.6) is 0 Å². The van der Waals surface area contributed by atoms with Crippen LogP contribution in [0.25, 0.3) is 0 Å². The lowest BCUT2D eigenvalue weighted by molar-refractivity contribution is 0.262. The van der Waals surface area contributed by atoms with Gasteiger partial charge in [0, 0.05) is 17.1 Å². The van der Waals surface area contributed by atoms with Gasteiger partial charge < -0.3 is 25.7 Å². The molecule has 0 spiro atoms. The lowest BCUT2D eigenvalue weighted by Gasteiger charge is -2.29. The van der Waals surface area contributed by atoms with Crippen molar-refractivity contribution in [3.8, 4) is 0 Å². The molecule has 7 nitrogen and oxygen atoms in total. The van der Waals surface area contributed by atoms with Gasteiger partial charge in [-0.25, -0.2) is 14.2 Å². The van der Waals surface area contributed by atoms with Crippen LogP contribution in [-0.2, 0) is 0 Å². The summed E-state index contributed by atoms with van der Waals surface area (Å²) in [7, 11) is 0. The number of benzene rings is 2. The fourth-order valence-electron chi connectivity index (χ4n) is 2.78. The molecule has 2 aromatic carbocycles. The number of nitrogens with zero attached hydrogens (tertiary/aromatic N) is 2. The van der Waals surface area contributed by atoms with Crippen molar-refractivity contribution in [2.75, 3.05) is 15.5 Å². The highest BCUT2D eigenvalue weighted by Gasteiger charge is 2.24. The Morgan fingerprint density at radius 2 is 1.89 bits per heavy atom. The standard InChI is InChI=1S/C19H16FN5O2/c20-12-2-1-3-14(10-12)24-19(26)23-13-4-6-15(7-5-13)25-11-22-18-16(17(25)21)8-9-27-18/h1-11,17H,21H2,(H2,23,24,26). The van der Waals surface area contributed by atoms with Crippen LogP contribution in [-0.4, -0.2) is 12.4 Å². The number of nitrogens with one attached hydrogen (secondary N) is 2. The van der Waals surface area contributed by atoms with Crippen LogP contribution in [0.2, 0.25) is 0 Å². The summed E-state index contributed by atoms with van der Waals surface area (Å²) in [5.74, 6) is 0.0866. The predicted molar refractivity (Wildman–Crippen MR) is 102 cm³/mol. The van der Waals surface area contributed by atoms with Gasteiger partial charge >= 0.3 is 6.03 Å². The summed E-state index contributed by atoms with van der Waals surface area (Å²) >= 11 is 0. The van der Waals surface area contributed by atoms with Crippen molar-refractivity contribution in [3.63, 3.8) is 0 Å². The van der Waals surface area contributed by atoms with Crippen LogP contribution >= 0.6 is 0 Å². The number of urea groups is 1. The van der Waals surface area contributed by atoms with Crippen molar-refractivity contribution < 1.29 is 13.6 Å². The molecule has 1 unspecified atom stereocenters. The van der Waals surface area contributed by atoms with E-state index >= 15 is 0 Å². The Balaban J connectivity index is 1.43. The molecule has 27 heavy (non-hydrogen) atoms. The second-order valence-corrected chi connectivity index (χ2v) is 5.91. The van der Waals surface area contributed by atoms with E-state index < -0.39 is 18.0 Å². The summed E-state index contributed by atoms with van der Waals surface area (Å²) in [5, 5.41) is 5.26. The van der Waals surface area contributed by atoms with Crippen molar-refractivity contribution in [2.45, 2.75) is 6.17 Å². The molecule has 136 valence electrons. The Morgan fingerprint density at radius 3 is 2.67 bits per heavy atom. The first-order chi connectivity index (χ1) is 13.1. The summed E-state index contributed by atoms with van der Waals surface area (Å²) in [6.07, 6.45) is 2.75. The number of nitrogens with two attached hydrogens (primary N) is 1. The largest absolute Gasteiger partial charge is 0.446 e. The molecule has 0 bridgehead atoms. The zero-order valence-electron chi connectivity index (χ0n) is 14.1. The van der Waals surface area contributed by atoms with E-state index in [9.17, 15) is 9.18 Å². The Labute approximate surface area is 154 Å². The van der Waals surface area contributed by atoms with Crippen LogP contribution in [0, 0.1) is 5.82 Å². The first-order valence-electron chi connectivity index (χ1n) is 8.19. The smallest absolute Gasteiger partial charge is 0.323 e. The molecule has 2 heterocycles. The van der Waals surface area contributed by atoms with Crippen LogP contribution in [0.1, 0.15) is 11.7 Å². The van der Waals surface area contributed by atoms with E-state index in [0.29, 0.717) is 17.3 Å². The average molecular weight is 365 g/mol. The zero-order chi connectivity index (χ0) is 18.8. The molecule has 1 aliphatic heterocycles.